The molecule has 1 rings (SSSR count). The van der Waals surface area contributed by atoms with Gasteiger partial charge >= 0.3 is 0 Å². The van der Waals surface area contributed by atoms with Crippen LogP contribution < -0.4 is 5.73 Å². The Morgan fingerprint density at radius 2 is 1.85 bits per heavy atom. The second-order valence-electron chi connectivity index (χ2n) is 6.11. The van der Waals surface area contributed by atoms with Crippen LogP contribution in [0.1, 0.15) is 39.0 Å². The SMILES string of the molecule is CC(CCN)CCC(=O)N1CCC(C(=O)N(C)C)CC1. The smallest absolute Gasteiger partial charge is 0.225 e. The number of carbonyl (C=O) groups is 2. The lowest BCUT2D eigenvalue weighted by molar-refractivity contribution is -0.139. The molecule has 0 saturated carbocycles. The Balaban J connectivity index is 2.30. The van der Waals surface area contributed by atoms with Gasteiger partial charge in [0, 0.05) is 39.5 Å². The zero-order valence-electron chi connectivity index (χ0n) is 13.1. The number of hydrogen-bond acceptors (Lipinski definition) is 3. The van der Waals surface area contributed by atoms with Gasteiger partial charge in [0.2, 0.25) is 11.8 Å². The lowest BCUT2D eigenvalue weighted by atomic mass is 9.94. The largest absolute Gasteiger partial charge is 0.349 e. The van der Waals surface area contributed by atoms with Gasteiger partial charge in [0.25, 0.3) is 0 Å². The van der Waals surface area contributed by atoms with E-state index in [2.05, 4.69) is 6.92 Å². The standard InChI is InChI=1S/C15H29N3O2/c1-12(6-9-16)4-5-14(19)18-10-7-13(8-11-18)15(20)17(2)3/h12-13H,4-11,16H2,1-3H3. The molecule has 0 radical (unpaired) electrons. The Hall–Kier alpha value is -1.10. The minimum atomic E-state index is 0.0882. The Morgan fingerprint density at radius 1 is 1.25 bits per heavy atom. The van der Waals surface area contributed by atoms with Crippen molar-refractivity contribution < 1.29 is 9.59 Å². The summed E-state index contributed by atoms with van der Waals surface area (Å²) in [7, 11) is 3.58. The van der Waals surface area contributed by atoms with Gasteiger partial charge < -0.3 is 15.5 Å². The van der Waals surface area contributed by atoms with Gasteiger partial charge in [-0.3, -0.25) is 9.59 Å². The van der Waals surface area contributed by atoms with Crippen LogP contribution in [0.5, 0.6) is 0 Å². The van der Waals surface area contributed by atoms with E-state index in [9.17, 15) is 9.59 Å². The normalized spacial score (nSPS) is 17.9. The topological polar surface area (TPSA) is 66.6 Å². The number of piperidine rings is 1. The van der Waals surface area contributed by atoms with Crippen molar-refractivity contribution >= 4 is 11.8 Å². The number of nitrogens with zero attached hydrogens (tertiary/aromatic N) is 2. The van der Waals surface area contributed by atoms with E-state index < -0.39 is 0 Å². The number of hydrogen-bond donors (Lipinski definition) is 1. The molecule has 0 aliphatic carbocycles. The average molecular weight is 283 g/mol. The molecule has 0 spiro atoms. The van der Waals surface area contributed by atoms with Crippen LogP contribution in [0.2, 0.25) is 0 Å². The Morgan fingerprint density at radius 3 is 2.35 bits per heavy atom. The zero-order valence-corrected chi connectivity index (χ0v) is 13.1. The van der Waals surface area contributed by atoms with Gasteiger partial charge in [-0.1, -0.05) is 6.92 Å². The second kappa shape index (κ2) is 8.25. The first-order chi connectivity index (χ1) is 9.45. The molecule has 1 aliphatic heterocycles. The van der Waals surface area contributed by atoms with E-state index in [1.54, 1.807) is 19.0 Å². The molecule has 1 aliphatic rings. The van der Waals surface area contributed by atoms with Gasteiger partial charge in [-0.25, -0.2) is 0 Å². The van der Waals surface area contributed by atoms with E-state index in [0.717, 1.165) is 25.7 Å². The summed E-state index contributed by atoms with van der Waals surface area (Å²) in [5.41, 5.74) is 5.52. The molecule has 1 saturated heterocycles. The van der Waals surface area contributed by atoms with Crippen molar-refractivity contribution in [3.63, 3.8) is 0 Å². The second-order valence-corrected chi connectivity index (χ2v) is 6.11. The predicted molar refractivity (Wildman–Crippen MR) is 80.1 cm³/mol. The van der Waals surface area contributed by atoms with Crippen molar-refractivity contribution in [2.45, 2.75) is 39.0 Å². The van der Waals surface area contributed by atoms with Crippen LogP contribution in [0.3, 0.4) is 0 Å². The third kappa shape index (κ3) is 5.12. The van der Waals surface area contributed by atoms with Crippen LogP contribution in [-0.2, 0) is 9.59 Å². The van der Waals surface area contributed by atoms with Crippen molar-refractivity contribution in [3.8, 4) is 0 Å². The molecule has 2 amide bonds. The van der Waals surface area contributed by atoms with Crippen LogP contribution in [0, 0.1) is 11.8 Å². The fraction of sp³-hybridized carbons (Fsp3) is 0.867. The third-order valence-electron chi connectivity index (χ3n) is 4.15. The molecule has 0 aromatic rings. The van der Waals surface area contributed by atoms with Gasteiger partial charge in [-0.2, -0.15) is 0 Å². The molecule has 1 heterocycles. The monoisotopic (exact) mass is 283 g/mol. The summed E-state index contributed by atoms with van der Waals surface area (Å²) in [6, 6.07) is 0. The molecule has 0 aromatic heterocycles. The van der Waals surface area contributed by atoms with E-state index in [1.807, 2.05) is 4.90 Å². The van der Waals surface area contributed by atoms with Crippen LogP contribution in [0.4, 0.5) is 0 Å². The molecule has 2 N–H and O–H groups in total. The first-order valence-electron chi connectivity index (χ1n) is 7.64. The average Bonchev–Trinajstić information content (AvgIpc) is 2.44. The van der Waals surface area contributed by atoms with E-state index >= 15 is 0 Å². The summed E-state index contributed by atoms with van der Waals surface area (Å²) < 4.78 is 0. The third-order valence-corrected chi connectivity index (χ3v) is 4.15. The molecular weight excluding hydrogens is 254 g/mol. The molecule has 5 nitrogen and oxygen atoms in total. The highest BCUT2D eigenvalue weighted by atomic mass is 16.2. The summed E-state index contributed by atoms with van der Waals surface area (Å²) >= 11 is 0. The predicted octanol–water partition coefficient (Wildman–Crippen LogP) is 1.08. The van der Waals surface area contributed by atoms with Crippen LogP contribution >= 0.6 is 0 Å². The minimum absolute atomic E-state index is 0.0882. The van der Waals surface area contributed by atoms with Gasteiger partial charge in [0.1, 0.15) is 0 Å². The van der Waals surface area contributed by atoms with Crippen LogP contribution in [0.25, 0.3) is 0 Å². The van der Waals surface area contributed by atoms with E-state index in [0.29, 0.717) is 32.0 Å². The van der Waals surface area contributed by atoms with Gasteiger partial charge in [0.15, 0.2) is 0 Å². The molecule has 0 bridgehead atoms. The summed E-state index contributed by atoms with van der Waals surface area (Å²) in [5.74, 6) is 1.01. The Kier molecular flexibility index (Phi) is 6.99. The first-order valence-corrected chi connectivity index (χ1v) is 7.64. The summed E-state index contributed by atoms with van der Waals surface area (Å²) in [6.45, 7) is 4.26. The minimum Gasteiger partial charge on any atom is -0.349 e. The maximum Gasteiger partial charge on any atom is 0.225 e. The quantitative estimate of drug-likeness (QED) is 0.793. The highest BCUT2D eigenvalue weighted by molar-refractivity contribution is 5.79. The van der Waals surface area contributed by atoms with Gasteiger partial charge in [0.05, 0.1) is 0 Å². The lowest BCUT2D eigenvalue weighted by Crippen LogP contribution is -2.42. The number of carbonyl (C=O) groups excluding carboxylic acids is 2. The summed E-state index contributed by atoms with van der Waals surface area (Å²) in [5, 5.41) is 0. The van der Waals surface area contributed by atoms with Crippen molar-refractivity contribution in [2.24, 2.45) is 17.6 Å². The molecule has 5 heteroatoms. The van der Waals surface area contributed by atoms with E-state index in [4.69, 9.17) is 5.73 Å². The van der Waals surface area contributed by atoms with Gasteiger partial charge in [-0.15, -0.1) is 0 Å². The molecular formula is C15H29N3O2. The highest BCUT2D eigenvalue weighted by Gasteiger charge is 2.27. The molecule has 0 aromatic carbocycles. The van der Waals surface area contributed by atoms with E-state index in [1.165, 1.54) is 0 Å². The Bertz CT molecular complexity index is 323. The highest BCUT2D eigenvalue weighted by Crippen LogP contribution is 2.20. The van der Waals surface area contributed by atoms with Crippen molar-refractivity contribution in [2.75, 3.05) is 33.7 Å². The molecule has 1 fully saturated rings. The van der Waals surface area contributed by atoms with Crippen molar-refractivity contribution in [1.29, 1.82) is 0 Å². The number of likely N-dealkylation sites (tertiary alicyclic amines) is 1. The number of amides is 2. The zero-order chi connectivity index (χ0) is 15.1. The van der Waals surface area contributed by atoms with Crippen molar-refractivity contribution in [3.05, 3.63) is 0 Å². The van der Waals surface area contributed by atoms with Crippen LogP contribution in [-0.4, -0.2) is 55.3 Å². The number of rotatable bonds is 6. The van der Waals surface area contributed by atoms with Crippen LogP contribution in [0.15, 0.2) is 0 Å². The first kappa shape index (κ1) is 17.0. The summed E-state index contributed by atoms with van der Waals surface area (Å²) in [6.07, 6.45) is 4.08. The van der Waals surface area contributed by atoms with E-state index in [-0.39, 0.29) is 17.7 Å². The molecule has 20 heavy (non-hydrogen) atoms. The number of nitrogens with two attached hydrogens (primary N) is 1. The summed E-state index contributed by atoms with van der Waals surface area (Å²) in [4.78, 5) is 27.5. The van der Waals surface area contributed by atoms with Crippen molar-refractivity contribution in [1.82, 2.24) is 9.80 Å². The maximum absolute atomic E-state index is 12.1. The Labute approximate surface area is 122 Å². The lowest BCUT2D eigenvalue weighted by Gasteiger charge is -2.32. The maximum atomic E-state index is 12.1. The fourth-order valence-corrected chi connectivity index (χ4v) is 2.70. The molecule has 1 atom stereocenters. The molecule has 116 valence electrons. The molecule has 1 unspecified atom stereocenters. The van der Waals surface area contributed by atoms with Gasteiger partial charge in [-0.05, 0) is 38.1 Å². The fourth-order valence-electron chi connectivity index (χ4n) is 2.70.